The Kier molecular flexibility index (Phi) is 8.29. The van der Waals surface area contributed by atoms with Crippen LogP contribution in [0, 0.1) is 13.8 Å². The summed E-state index contributed by atoms with van der Waals surface area (Å²) in [5, 5.41) is 2.76. The molecule has 0 heterocycles. The summed E-state index contributed by atoms with van der Waals surface area (Å²) < 4.78 is 42.6. The molecule has 0 spiro atoms. The van der Waals surface area contributed by atoms with Gasteiger partial charge in [0, 0.05) is 13.1 Å². The van der Waals surface area contributed by atoms with Crippen LogP contribution < -0.4 is 19.5 Å². The first kappa shape index (κ1) is 24.5. The predicted molar refractivity (Wildman–Crippen MR) is 118 cm³/mol. The Morgan fingerprint density at radius 3 is 2.32 bits per heavy atom. The maximum atomic E-state index is 12.8. The van der Waals surface area contributed by atoms with E-state index in [-0.39, 0.29) is 24.1 Å². The lowest BCUT2D eigenvalue weighted by Crippen LogP contribution is -2.43. The molecule has 9 heteroatoms. The van der Waals surface area contributed by atoms with E-state index >= 15 is 0 Å². The molecule has 8 nitrogen and oxygen atoms in total. The largest absolute Gasteiger partial charge is 0.493 e. The predicted octanol–water partition coefficient (Wildman–Crippen LogP) is 2.52. The third kappa shape index (κ3) is 6.35. The van der Waals surface area contributed by atoms with Crippen LogP contribution in [0.5, 0.6) is 17.2 Å². The zero-order valence-electron chi connectivity index (χ0n) is 18.8. The molecule has 2 rings (SSSR count). The average molecular weight is 451 g/mol. The van der Waals surface area contributed by atoms with E-state index in [1.807, 2.05) is 32.0 Å². The third-order valence-corrected chi connectivity index (χ3v) is 6.61. The molecule has 0 radical (unpaired) electrons. The van der Waals surface area contributed by atoms with E-state index in [0.717, 1.165) is 15.6 Å². The number of nitrogens with one attached hydrogen (secondary N) is 1. The molecule has 1 amide bonds. The van der Waals surface area contributed by atoms with Gasteiger partial charge >= 0.3 is 0 Å². The number of methoxy groups -OCH3 is 2. The summed E-state index contributed by atoms with van der Waals surface area (Å²) >= 11 is 0. The van der Waals surface area contributed by atoms with Gasteiger partial charge in [-0.05, 0) is 56.2 Å². The van der Waals surface area contributed by atoms with Gasteiger partial charge in [0.2, 0.25) is 15.9 Å². The lowest BCUT2D eigenvalue weighted by molar-refractivity contribution is -0.121. The number of rotatable bonds is 10. The molecule has 0 unspecified atom stereocenters. The van der Waals surface area contributed by atoms with Crippen molar-refractivity contribution in [1.82, 2.24) is 9.62 Å². The molecule has 0 aliphatic heterocycles. The van der Waals surface area contributed by atoms with Crippen LogP contribution in [0.4, 0.5) is 0 Å². The van der Waals surface area contributed by atoms with E-state index in [0.29, 0.717) is 11.5 Å². The molecular weight excluding hydrogens is 420 g/mol. The van der Waals surface area contributed by atoms with Gasteiger partial charge in [0.25, 0.3) is 0 Å². The fourth-order valence-electron chi connectivity index (χ4n) is 2.83. The highest BCUT2D eigenvalue weighted by Gasteiger charge is 2.25. The summed E-state index contributed by atoms with van der Waals surface area (Å²) in [6, 6.07) is 9.76. The highest BCUT2D eigenvalue weighted by molar-refractivity contribution is 7.89. The van der Waals surface area contributed by atoms with Gasteiger partial charge in [-0.2, -0.15) is 4.31 Å². The standard InChI is InChI=1S/C22H30N2O6S/c1-15-7-8-18(11-16(15)2)30-14-17(3)23-22(25)13-24(4)31(26,27)19-9-10-20(28-5)21(12-19)29-6/h7-12,17H,13-14H2,1-6H3,(H,23,25)/t17-/m0/s1. The van der Waals surface area contributed by atoms with Crippen LogP contribution in [0.3, 0.4) is 0 Å². The van der Waals surface area contributed by atoms with Crippen molar-refractivity contribution in [3.8, 4) is 17.2 Å². The summed E-state index contributed by atoms with van der Waals surface area (Å²) in [5.74, 6) is 0.998. The topological polar surface area (TPSA) is 94.2 Å². The number of sulfonamides is 1. The lowest BCUT2D eigenvalue weighted by atomic mass is 10.1. The Labute approximate surface area is 184 Å². The van der Waals surface area contributed by atoms with Crippen molar-refractivity contribution in [1.29, 1.82) is 0 Å². The Bertz CT molecular complexity index is 1020. The first-order chi connectivity index (χ1) is 14.6. The molecule has 1 N–H and O–H groups in total. The second-order valence-electron chi connectivity index (χ2n) is 7.30. The van der Waals surface area contributed by atoms with Crippen molar-refractivity contribution >= 4 is 15.9 Å². The van der Waals surface area contributed by atoms with Crippen LogP contribution in [-0.2, 0) is 14.8 Å². The van der Waals surface area contributed by atoms with Crippen molar-refractivity contribution in [2.24, 2.45) is 0 Å². The number of hydrogen-bond donors (Lipinski definition) is 1. The summed E-state index contributed by atoms with van der Waals surface area (Å²) in [4.78, 5) is 12.4. The molecule has 0 aliphatic rings. The second kappa shape index (κ2) is 10.5. The molecule has 0 bridgehead atoms. The summed E-state index contributed by atoms with van der Waals surface area (Å²) in [6.45, 7) is 5.75. The van der Waals surface area contributed by atoms with Crippen LogP contribution in [0.25, 0.3) is 0 Å². The summed E-state index contributed by atoms with van der Waals surface area (Å²) in [6.07, 6.45) is 0. The van der Waals surface area contributed by atoms with Crippen LogP contribution in [0.2, 0.25) is 0 Å². The van der Waals surface area contributed by atoms with Crippen molar-refractivity contribution in [3.63, 3.8) is 0 Å². The van der Waals surface area contributed by atoms with Crippen LogP contribution in [-0.4, -0.2) is 59.1 Å². The van der Waals surface area contributed by atoms with E-state index in [2.05, 4.69) is 5.32 Å². The second-order valence-corrected chi connectivity index (χ2v) is 9.35. The number of amides is 1. The van der Waals surface area contributed by atoms with Crippen LogP contribution in [0.1, 0.15) is 18.1 Å². The number of likely N-dealkylation sites (N-methyl/N-ethyl adjacent to an activating group) is 1. The molecule has 2 aromatic carbocycles. The minimum absolute atomic E-state index is 0.00609. The van der Waals surface area contributed by atoms with Gasteiger partial charge in [0.1, 0.15) is 12.4 Å². The highest BCUT2D eigenvalue weighted by Crippen LogP contribution is 2.30. The van der Waals surface area contributed by atoms with Gasteiger partial charge in [-0.1, -0.05) is 6.07 Å². The van der Waals surface area contributed by atoms with E-state index < -0.39 is 15.9 Å². The van der Waals surface area contributed by atoms with E-state index in [9.17, 15) is 13.2 Å². The highest BCUT2D eigenvalue weighted by atomic mass is 32.2. The molecular formula is C22H30N2O6S. The first-order valence-corrected chi connectivity index (χ1v) is 11.2. The van der Waals surface area contributed by atoms with Gasteiger partial charge in [-0.3, -0.25) is 4.79 Å². The lowest BCUT2D eigenvalue weighted by Gasteiger charge is -2.20. The SMILES string of the molecule is COc1ccc(S(=O)(=O)N(C)CC(=O)N[C@@H](C)COc2ccc(C)c(C)c2)cc1OC. The van der Waals surface area contributed by atoms with Gasteiger partial charge in [0.15, 0.2) is 11.5 Å². The van der Waals surface area contributed by atoms with Crippen LogP contribution in [0.15, 0.2) is 41.3 Å². The van der Waals surface area contributed by atoms with Crippen molar-refractivity contribution in [2.45, 2.75) is 31.7 Å². The Balaban J connectivity index is 1.95. The minimum atomic E-state index is -3.89. The molecule has 0 aliphatic carbocycles. The first-order valence-electron chi connectivity index (χ1n) is 9.76. The number of carbonyl (C=O) groups excluding carboxylic acids is 1. The summed E-state index contributed by atoms with van der Waals surface area (Å²) in [5.41, 5.74) is 2.30. The molecule has 170 valence electrons. The van der Waals surface area contributed by atoms with Gasteiger partial charge in [0.05, 0.1) is 31.7 Å². The minimum Gasteiger partial charge on any atom is -0.493 e. The summed E-state index contributed by atoms with van der Waals surface area (Å²) in [7, 11) is 0.352. The quantitative estimate of drug-likeness (QED) is 0.598. The van der Waals surface area contributed by atoms with Gasteiger partial charge in [-0.25, -0.2) is 8.42 Å². The number of benzene rings is 2. The Morgan fingerprint density at radius 1 is 1.03 bits per heavy atom. The molecule has 0 aromatic heterocycles. The molecule has 0 fully saturated rings. The number of nitrogens with zero attached hydrogens (tertiary/aromatic N) is 1. The zero-order chi connectivity index (χ0) is 23.2. The van der Waals surface area contributed by atoms with Crippen molar-refractivity contribution in [3.05, 3.63) is 47.5 Å². The monoisotopic (exact) mass is 450 g/mol. The molecule has 1 atom stereocenters. The Hall–Kier alpha value is -2.78. The number of ether oxygens (including phenoxy) is 3. The maximum Gasteiger partial charge on any atom is 0.243 e. The van der Waals surface area contributed by atoms with Gasteiger partial charge in [-0.15, -0.1) is 0 Å². The van der Waals surface area contributed by atoms with Crippen molar-refractivity contribution in [2.75, 3.05) is 34.4 Å². The normalized spacial score (nSPS) is 12.4. The third-order valence-electron chi connectivity index (χ3n) is 4.82. The van der Waals surface area contributed by atoms with E-state index in [1.165, 1.54) is 45.0 Å². The van der Waals surface area contributed by atoms with E-state index in [1.54, 1.807) is 6.92 Å². The number of carbonyl (C=O) groups is 1. The molecule has 0 saturated heterocycles. The number of aryl methyl sites for hydroxylation is 2. The average Bonchev–Trinajstić information content (AvgIpc) is 2.73. The fraction of sp³-hybridized carbons (Fsp3) is 0.409. The Morgan fingerprint density at radius 2 is 1.71 bits per heavy atom. The molecule has 2 aromatic rings. The number of hydrogen-bond acceptors (Lipinski definition) is 6. The maximum absolute atomic E-state index is 12.8. The fourth-order valence-corrected chi connectivity index (χ4v) is 3.97. The van der Waals surface area contributed by atoms with Crippen molar-refractivity contribution < 1.29 is 27.4 Å². The van der Waals surface area contributed by atoms with E-state index in [4.69, 9.17) is 14.2 Å². The zero-order valence-corrected chi connectivity index (χ0v) is 19.6. The smallest absolute Gasteiger partial charge is 0.243 e. The van der Waals surface area contributed by atoms with Crippen LogP contribution >= 0.6 is 0 Å². The molecule has 0 saturated carbocycles. The van der Waals surface area contributed by atoms with Gasteiger partial charge < -0.3 is 19.5 Å². The molecule has 31 heavy (non-hydrogen) atoms.